The van der Waals surface area contributed by atoms with Gasteiger partial charge < -0.3 is 19.5 Å². The van der Waals surface area contributed by atoms with E-state index >= 15 is 0 Å². The summed E-state index contributed by atoms with van der Waals surface area (Å²) in [5, 5.41) is 7.76. The van der Waals surface area contributed by atoms with Crippen molar-refractivity contribution in [1.82, 2.24) is 14.8 Å². The number of nitrogens with one attached hydrogen (secondary N) is 1. The van der Waals surface area contributed by atoms with Gasteiger partial charge in [-0.15, -0.1) is 0 Å². The Kier molecular flexibility index (Phi) is 4.20. The lowest BCUT2D eigenvalue weighted by Crippen LogP contribution is -2.19. The van der Waals surface area contributed by atoms with E-state index < -0.39 is 0 Å². The van der Waals surface area contributed by atoms with Gasteiger partial charge in [0.2, 0.25) is 5.95 Å². The Morgan fingerprint density at radius 1 is 1.17 bits per heavy atom. The van der Waals surface area contributed by atoms with Crippen LogP contribution in [0.4, 0.5) is 5.95 Å². The smallest absolute Gasteiger partial charge is 0.226 e. The van der Waals surface area contributed by atoms with Crippen molar-refractivity contribution < 1.29 is 14.2 Å². The molecule has 0 fully saturated rings. The highest BCUT2D eigenvalue weighted by Gasteiger charge is 2.24. The fourth-order valence-electron chi connectivity index (χ4n) is 2.64. The van der Waals surface area contributed by atoms with Crippen molar-refractivity contribution in [3.63, 3.8) is 0 Å². The molecule has 1 aromatic heterocycles. The summed E-state index contributed by atoms with van der Waals surface area (Å²) in [6.45, 7) is 2.38. The first-order chi connectivity index (χ1) is 11.2. The molecule has 0 saturated heterocycles. The molecule has 0 amide bonds. The van der Waals surface area contributed by atoms with Crippen LogP contribution in [0.5, 0.6) is 11.5 Å². The van der Waals surface area contributed by atoms with E-state index in [2.05, 4.69) is 21.5 Å². The quantitative estimate of drug-likeness (QED) is 0.913. The molecule has 3 rings (SSSR count). The Morgan fingerprint density at radius 3 is 2.65 bits per heavy atom. The Bertz CT molecular complexity index is 739. The summed E-state index contributed by atoms with van der Waals surface area (Å²) in [6, 6.07) is 5.79. The maximum absolute atomic E-state index is 5.40. The summed E-state index contributed by atoms with van der Waals surface area (Å²) in [5.74, 6) is 2.73. The monoisotopic (exact) mass is 316 g/mol. The van der Waals surface area contributed by atoms with E-state index in [-0.39, 0.29) is 6.04 Å². The highest BCUT2D eigenvalue weighted by Crippen LogP contribution is 2.34. The van der Waals surface area contributed by atoms with Gasteiger partial charge in [0.25, 0.3) is 0 Å². The van der Waals surface area contributed by atoms with Crippen LogP contribution in [-0.2, 0) is 11.3 Å². The van der Waals surface area contributed by atoms with Crippen LogP contribution in [0.15, 0.2) is 30.0 Å². The first kappa shape index (κ1) is 15.4. The molecule has 1 aliphatic heterocycles. The largest absolute Gasteiger partial charge is 0.493 e. The fourth-order valence-corrected chi connectivity index (χ4v) is 2.64. The lowest BCUT2D eigenvalue weighted by atomic mass is 10.0. The molecule has 23 heavy (non-hydrogen) atoms. The van der Waals surface area contributed by atoms with Crippen molar-refractivity contribution in [2.45, 2.75) is 19.6 Å². The Hall–Kier alpha value is -2.54. The van der Waals surface area contributed by atoms with E-state index in [1.807, 2.05) is 29.8 Å². The summed E-state index contributed by atoms with van der Waals surface area (Å²) in [5.41, 5.74) is 2.06. The van der Waals surface area contributed by atoms with Crippen LogP contribution < -0.4 is 14.8 Å². The van der Waals surface area contributed by atoms with Crippen LogP contribution in [0.1, 0.15) is 24.4 Å². The molecule has 0 saturated carbocycles. The zero-order valence-electron chi connectivity index (χ0n) is 13.7. The minimum absolute atomic E-state index is 0.0656. The number of anilines is 1. The van der Waals surface area contributed by atoms with Crippen molar-refractivity contribution in [3.05, 3.63) is 41.4 Å². The average molecular weight is 316 g/mol. The standard InChI is InChI=1S/C16H20N4O3/c1-10-7-12(11-5-6-13(22-3)14(8-11)23-4)20-16(17-10)18-15(19-20)9-21-2/h5-8,12H,9H2,1-4H3,(H,17,18,19). The summed E-state index contributed by atoms with van der Waals surface area (Å²) in [7, 11) is 4.88. The molecule has 1 N–H and O–H groups in total. The molecule has 7 nitrogen and oxygen atoms in total. The molecule has 2 aromatic rings. The van der Waals surface area contributed by atoms with E-state index in [1.165, 1.54) is 0 Å². The molecule has 1 atom stereocenters. The Labute approximate surface area is 134 Å². The van der Waals surface area contributed by atoms with E-state index in [9.17, 15) is 0 Å². The van der Waals surface area contributed by atoms with Crippen LogP contribution >= 0.6 is 0 Å². The van der Waals surface area contributed by atoms with Gasteiger partial charge in [-0.1, -0.05) is 6.07 Å². The first-order valence-electron chi connectivity index (χ1n) is 7.28. The van der Waals surface area contributed by atoms with E-state index in [1.54, 1.807) is 21.3 Å². The van der Waals surface area contributed by atoms with Gasteiger partial charge in [0.1, 0.15) is 12.6 Å². The van der Waals surface area contributed by atoms with Gasteiger partial charge in [0, 0.05) is 12.8 Å². The Morgan fingerprint density at radius 2 is 1.96 bits per heavy atom. The van der Waals surface area contributed by atoms with Crippen molar-refractivity contribution in [2.75, 3.05) is 26.6 Å². The van der Waals surface area contributed by atoms with Crippen LogP contribution in [0.3, 0.4) is 0 Å². The summed E-state index contributed by atoms with van der Waals surface area (Å²) in [4.78, 5) is 4.46. The number of ether oxygens (including phenoxy) is 3. The van der Waals surface area contributed by atoms with Crippen LogP contribution in [0, 0.1) is 0 Å². The second-order valence-corrected chi connectivity index (χ2v) is 5.26. The maximum Gasteiger partial charge on any atom is 0.226 e. The van der Waals surface area contributed by atoms with Crippen LogP contribution in [0.2, 0.25) is 0 Å². The normalized spacial score (nSPS) is 16.3. The minimum Gasteiger partial charge on any atom is -0.493 e. The number of fused-ring (bicyclic) bond motifs is 1. The SMILES string of the molecule is COCc1nc2n(n1)C(c1ccc(OC)c(OC)c1)C=C(C)N2. The van der Waals surface area contributed by atoms with Crippen LogP contribution in [-0.4, -0.2) is 36.1 Å². The highest BCUT2D eigenvalue weighted by atomic mass is 16.5. The zero-order valence-corrected chi connectivity index (χ0v) is 13.7. The summed E-state index contributed by atoms with van der Waals surface area (Å²) in [6.07, 6.45) is 2.10. The average Bonchev–Trinajstić information content (AvgIpc) is 2.96. The summed E-state index contributed by atoms with van der Waals surface area (Å²) >= 11 is 0. The van der Waals surface area contributed by atoms with Gasteiger partial charge in [-0.05, 0) is 30.7 Å². The molecule has 122 valence electrons. The Balaban J connectivity index is 2.03. The van der Waals surface area contributed by atoms with Crippen molar-refractivity contribution in [1.29, 1.82) is 0 Å². The summed E-state index contributed by atoms with van der Waals surface area (Å²) < 4.78 is 17.7. The first-order valence-corrected chi connectivity index (χ1v) is 7.28. The topological polar surface area (TPSA) is 70.4 Å². The number of rotatable bonds is 5. The van der Waals surface area contributed by atoms with Gasteiger partial charge in [0.05, 0.1) is 14.2 Å². The highest BCUT2D eigenvalue weighted by molar-refractivity contribution is 5.48. The van der Waals surface area contributed by atoms with E-state index in [0.29, 0.717) is 29.9 Å². The van der Waals surface area contributed by atoms with Crippen LogP contribution in [0.25, 0.3) is 0 Å². The molecule has 2 heterocycles. The number of nitrogens with zero attached hydrogens (tertiary/aromatic N) is 3. The predicted octanol–water partition coefficient (Wildman–Crippen LogP) is 2.36. The number of allylic oxidation sites excluding steroid dienone is 2. The number of benzene rings is 1. The van der Waals surface area contributed by atoms with Gasteiger partial charge >= 0.3 is 0 Å². The number of hydrogen-bond donors (Lipinski definition) is 1. The zero-order chi connectivity index (χ0) is 16.4. The molecule has 0 radical (unpaired) electrons. The molecular weight excluding hydrogens is 296 g/mol. The molecule has 7 heteroatoms. The molecule has 0 spiro atoms. The van der Waals surface area contributed by atoms with E-state index in [4.69, 9.17) is 14.2 Å². The van der Waals surface area contributed by atoms with E-state index in [0.717, 1.165) is 11.3 Å². The number of methoxy groups -OCH3 is 3. The van der Waals surface area contributed by atoms with Gasteiger partial charge in [-0.2, -0.15) is 10.1 Å². The third kappa shape index (κ3) is 2.87. The number of hydrogen-bond acceptors (Lipinski definition) is 6. The second kappa shape index (κ2) is 6.29. The fraction of sp³-hybridized carbons (Fsp3) is 0.375. The molecule has 1 unspecified atom stereocenters. The van der Waals surface area contributed by atoms with Gasteiger partial charge in [-0.25, -0.2) is 4.68 Å². The van der Waals surface area contributed by atoms with Crippen molar-refractivity contribution >= 4 is 5.95 Å². The lowest BCUT2D eigenvalue weighted by molar-refractivity contribution is 0.177. The molecule has 1 aromatic carbocycles. The maximum atomic E-state index is 5.40. The van der Waals surface area contributed by atoms with Crippen molar-refractivity contribution in [3.8, 4) is 11.5 Å². The number of aromatic nitrogens is 3. The predicted molar refractivity (Wildman–Crippen MR) is 85.8 cm³/mol. The minimum atomic E-state index is -0.0656. The molecule has 0 aliphatic carbocycles. The third-order valence-electron chi connectivity index (χ3n) is 3.68. The van der Waals surface area contributed by atoms with Gasteiger partial charge in [-0.3, -0.25) is 0 Å². The molecule has 1 aliphatic rings. The second-order valence-electron chi connectivity index (χ2n) is 5.26. The lowest BCUT2D eigenvalue weighted by Gasteiger charge is -2.23. The third-order valence-corrected chi connectivity index (χ3v) is 3.68. The molecule has 0 bridgehead atoms. The van der Waals surface area contributed by atoms with Gasteiger partial charge in [0.15, 0.2) is 17.3 Å². The molecular formula is C16H20N4O3. The van der Waals surface area contributed by atoms with Crippen molar-refractivity contribution in [2.24, 2.45) is 0 Å².